The van der Waals surface area contributed by atoms with Crippen molar-refractivity contribution in [2.45, 2.75) is 56.8 Å². The van der Waals surface area contributed by atoms with Gasteiger partial charge in [0.05, 0.1) is 0 Å². The number of thiophene rings is 1. The van der Waals surface area contributed by atoms with E-state index in [1.54, 1.807) is 17.5 Å². The molecule has 0 saturated carbocycles. The van der Waals surface area contributed by atoms with Gasteiger partial charge in [0, 0.05) is 33.7 Å². The van der Waals surface area contributed by atoms with E-state index in [0.717, 1.165) is 49.5 Å². The molecule has 7 aromatic rings. The first-order chi connectivity index (χ1) is 23.2. The quantitative estimate of drug-likeness (QED) is 0.123. The van der Waals surface area contributed by atoms with Crippen LogP contribution in [-0.2, 0) is 20.1 Å². The molecule has 3 aromatic heterocycles. The van der Waals surface area contributed by atoms with Crippen molar-refractivity contribution < 1.29 is 22.8 Å². The van der Waals surface area contributed by atoms with Crippen LogP contribution in [0.2, 0.25) is 17.3 Å². The molecule has 0 aliphatic rings. The molecule has 3 heterocycles. The van der Waals surface area contributed by atoms with Gasteiger partial charge in [-0.25, -0.2) is 0 Å². The summed E-state index contributed by atoms with van der Waals surface area (Å²) < 4.78 is 20.9. The Morgan fingerprint density at radius 1 is 0.729 bits per heavy atom. The van der Waals surface area contributed by atoms with Crippen LogP contribution in [0.4, 0.5) is 0 Å². The molecule has 0 atom stereocenters. The van der Waals surface area contributed by atoms with Crippen molar-refractivity contribution in [1.82, 2.24) is 9.97 Å². The minimum atomic E-state index is -1.72. The Kier molecular flexibility index (Phi) is 10.6. The number of hydrogen-bond acceptors (Lipinski definition) is 3. The molecule has 0 unspecified atom stereocenters. The van der Waals surface area contributed by atoms with Crippen LogP contribution in [0.3, 0.4) is 0 Å². The van der Waals surface area contributed by atoms with Crippen LogP contribution in [0.1, 0.15) is 53.4 Å². The first kappa shape index (κ1) is 33.1. The number of fused-ring (bicyclic) bond motifs is 3. The van der Waals surface area contributed by atoms with E-state index in [2.05, 4.69) is 94.0 Å². The molecule has 0 aliphatic heterocycles. The normalized spacial score (nSPS) is 12.5. The van der Waals surface area contributed by atoms with Crippen molar-refractivity contribution in [2.24, 2.45) is 0 Å². The summed E-state index contributed by atoms with van der Waals surface area (Å²) in [6, 6.07) is 41.7. The first-order valence-corrected chi connectivity index (χ1v) is 24.2. The molecule has 5 heteroatoms. The van der Waals surface area contributed by atoms with Crippen LogP contribution in [0.15, 0.2) is 116 Å². The standard InChI is InChI=1S/C29H26NS.C14H16GeN.Ir/c1-18(2)21-13-14-30-26(16-21)23-11-8-12-24-28-25(20-9-6-5-7-10-20)15-22(19(3)4)17-27(28)31-29(23)24;1-15(2,3)13-9-10-14(16-11-13)12-7-5-4-6-8-12;/h5-10,12-19H,1-4H3;4-7,9-11H,1-3H3;/q2*-1;/i18D,19D;;. The summed E-state index contributed by atoms with van der Waals surface area (Å²) in [6.07, 6.45) is 3.83. The summed E-state index contributed by atoms with van der Waals surface area (Å²) in [7, 11) is 0. The maximum Gasteiger partial charge on any atom is 0 e. The summed E-state index contributed by atoms with van der Waals surface area (Å²) in [5.74, 6) is 5.75. The Morgan fingerprint density at radius 3 is 2.12 bits per heavy atom. The van der Waals surface area contributed by atoms with Gasteiger partial charge >= 0.3 is 99.8 Å². The molecule has 245 valence electrons. The molecule has 7 rings (SSSR count). The zero-order chi connectivity index (χ0) is 35.0. The predicted octanol–water partition coefficient (Wildman–Crippen LogP) is 11.9. The van der Waals surface area contributed by atoms with Gasteiger partial charge in [-0.1, -0.05) is 81.1 Å². The SMILES string of the molecule is [2H]C(C)(C)c1ccnc(-c2[c-]ccc3c2sc2cc(C([2H])(C)C)cc(-c4ccccc4)c23)c1.[CH3][Ge]([CH3])([CH3])[c]1ccc(-c2[c-]cccc2)nc1.[Ir]. The Hall–Kier alpha value is -3.41. The third kappa shape index (κ3) is 7.90. The fourth-order valence-corrected chi connectivity index (χ4v) is 9.07. The van der Waals surface area contributed by atoms with Gasteiger partial charge in [-0.05, 0) is 56.4 Å². The number of aromatic nitrogens is 2. The molecule has 0 fully saturated rings. The van der Waals surface area contributed by atoms with Crippen molar-refractivity contribution in [2.75, 3.05) is 0 Å². The Labute approximate surface area is 309 Å². The molecule has 1 radical (unpaired) electrons. The van der Waals surface area contributed by atoms with Crippen molar-refractivity contribution in [1.29, 1.82) is 0 Å². The molecule has 0 amide bonds. The van der Waals surface area contributed by atoms with E-state index in [0.29, 0.717) is 0 Å². The number of nitrogens with zero attached hydrogens (tertiary/aromatic N) is 2. The van der Waals surface area contributed by atoms with Crippen LogP contribution < -0.4 is 4.40 Å². The average molecular weight is 886 g/mol. The molecule has 0 saturated heterocycles. The fraction of sp³-hybridized carbons (Fsp3) is 0.209. The summed E-state index contributed by atoms with van der Waals surface area (Å²) in [5.41, 5.74) is 8.12. The molecule has 0 aliphatic carbocycles. The first-order valence-electron chi connectivity index (χ1n) is 17.1. The molecule has 2 nitrogen and oxygen atoms in total. The van der Waals surface area contributed by atoms with Gasteiger partial charge in [-0.3, -0.25) is 0 Å². The number of pyridine rings is 2. The molecule has 4 aromatic carbocycles. The van der Waals surface area contributed by atoms with Crippen molar-refractivity contribution in [3.63, 3.8) is 0 Å². The fourth-order valence-electron chi connectivity index (χ4n) is 5.62. The van der Waals surface area contributed by atoms with E-state index in [-0.39, 0.29) is 20.1 Å². The van der Waals surface area contributed by atoms with E-state index >= 15 is 0 Å². The summed E-state index contributed by atoms with van der Waals surface area (Å²) in [5, 5.41) is 2.38. The van der Waals surface area contributed by atoms with Crippen LogP contribution in [-0.4, -0.2) is 23.2 Å². The monoisotopic (exact) mass is 887 g/mol. The van der Waals surface area contributed by atoms with Crippen LogP contribution in [0.5, 0.6) is 0 Å². The van der Waals surface area contributed by atoms with Crippen LogP contribution in [0.25, 0.3) is 53.8 Å². The van der Waals surface area contributed by atoms with Crippen molar-refractivity contribution in [3.8, 4) is 33.6 Å². The molecule has 0 spiro atoms. The van der Waals surface area contributed by atoms with Crippen LogP contribution in [0, 0.1) is 12.1 Å². The van der Waals surface area contributed by atoms with Gasteiger partial charge in [-0.15, -0.1) is 23.8 Å². The molecular weight excluding hydrogens is 841 g/mol. The third-order valence-corrected chi connectivity index (χ3v) is 13.8. The zero-order valence-corrected chi connectivity index (χ0v) is 33.9. The Morgan fingerprint density at radius 2 is 1.48 bits per heavy atom. The minimum absolute atomic E-state index is 0. The van der Waals surface area contributed by atoms with Gasteiger partial charge in [-0.2, -0.15) is 11.3 Å². The summed E-state index contributed by atoms with van der Waals surface area (Å²) >= 11 is 0.0182. The van der Waals surface area contributed by atoms with E-state index in [1.807, 2.05) is 82.4 Å². The van der Waals surface area contributed by atoms with E-state index in [1.165, 1.54) is 19.9 Å². The Balaban J connectivity index is 0.000000241. The van der Waals surface area contributed by atoms with Gasteiger partial charge in [0.1, 0.15) is 0 Å². The van der Waals surface area contributed by atoms with E-state index in [4.69, 9.17) is 2.74 Å². The maximum atomic E-state index is 8.67. The Bertz CT molecular complexity index is 2220. The molecular formula is C43H42GeIrN2S-2. The second kappa shape index (κ2) is 15.4. The van der Waals surface area contributed by atoms with E-state index in [9.17, 15) is 0 Å². The predicted molar refractivity (Wildman–Crippen MR) is 207 cm³/mol. The minimum Gasteiger partial charge on any atom is 0 e. The second-order valence-corrected chi connectivity index (χ2v) is 25.1. The zero-order valence-electron chi connectivity index (χ0n) is 30.6. The van der Waals surface area contributed by atoms with Crippen molar-refractivity contribution in [3.05, 3.63) is 139 Å². The summed E-state index contributed by atoms with van der Waals surface area (Å²) in [6.45, 7) is 7.67. The van der Waals surface area contributed by atoms with Gasteiger partial charge < -0.3 is 4.98 Å². The van der Waals surface area contributed by atoms with E-state index < -0.39 is 25.1 Å². The number of benzene rings is 4. The van der Waals surface area contributed by atoms with Gasteiger partial charge in [0.15, 0.2) is 0 Å². The van der Waals surface area contributed by atoms with Crippen molar-refractivity contribution >= 4 is 49.2 Å². The largest absolute Gasteiger partial charge is 0 e. The van der Waals surface area contributed by atoms with Gasteiger partial charge in [0.25, 0.3) is 0 Å². The van der Waals surface area contributed by atoms with Crippen LogP contribution >= 0.6 is 11.3 Å². The van der Waals surface area contributed by atoms with Gasteiger partial charge in [0.2, 0.25) is 0 Å². The molecule has 0 bridgehead atoms. The summed E-state index contributed by atoms with van der Waals surface area (Å²) in [4.78, 5) is 9.17. The maximum absolute atomic E-state index is 8.67. The smallest absolute Gasteiger partial charge is 0 e. The number of hydrogen-bond donors (Lipinski definition) is 0. The number of rotatable bonds is 6. The molecule has 0 N–H and O–H groups in total. The third-order valence-electron chi connectivity index (χ3n) is 8.40. The average Bonchev–Trinajstić information content (AvgIpc) is 3.47. The topological polar surface area (TPSA) is 25.8 Å². The second-order valence-electron chi connectivity index (χ2n) is 13.3. The molecule has 48 heavy (non-hydrogen) atoms.